The Bertz CT molecular complexity index is 520. The van der Waals surface area contributed by atoms with Crippen LogP contribution >= 0.6 is 0 Å². The lowest BCUT2D eigenvalue weighted by atomic mass is 9.90. The van der Waals surface area contributed by atoms with E-state index in [1.54, 1.807) is 0 Å². The second-order valence-electron chi connectivity index (χ2n) is 6.43. The normalized spacial score (nSPS) is 32.4. The summed E-state index contributed by atoms with van der Waals surface area (Å²) in [5, 5.41) is 0. The minimum Gasteiger partial charge on any atom is -0.490 e. The number of Topliss-reactive ketones (excluding diaryl/α,β-unsaturated/α-hetero) is 1. The van der Waals surface area contributed by atoms with E-state index >= 15 is 0 Å². The Morgan fingerprint density at radius 1 is 1.11 bits per heavy atom. The summed E-state index contributed by atoms with van der Waals surface area (Å²) in [7, 11) is 0. The van der Waals surface area contributed by atoms with Gasteiger partial charge in [-0.15, -0.1) is 0 Å². The van der Waals surface area contributed by atoms with E-state index in [1.807, 2.05) is 6.07 Å². The highest BCUT2D eigenvalue weighted by atomic mass is 16.5. The molecule has 1 aromatic rings. The zero-order valence-corrected chi connectivity index (χ0v) is 11.2. The first-order valence-electron chi connectivity index (χ1n) is 7.62. The predicted molar refractivity (Wildman–Crippen MR) is 73.6 cm³/mol. The van der Waals surface area contributed by atoms with E-state index in [0.29, 0.717) is 18.3 Å². The average molecular weight is 256 g/mol. The maximum Gasteiger partial charge on any atom is 0.163 e. The Morgan fingerprint density at radius 2 is 2.05 bits per heavy atom. The summed E-state index contributed by atoms with van der Waals surface area (Å²) in [5.74, 6) is 2.86. The van der Waals surface area contributed by atoms with E-state index < -0.39 is 0 Å². The molecule has 0 heterocycles. The summed E-state index contributed by atoms with van der Waals surface area (Å²) in [6.07, 6.45) is 8.44. The zero-order chi connectivity index (χ0) is 12.8. The van der Waals surface area contributed by atoms with Crippen molar-refractivity contribution in [2.24, 2.45) is 11.8 Å². The summed E-state index contributed by atoms with van der Waals surface area (Å²) in [5.41, 5.74) is 2.11. The minimum atomic E-state index is 0.291. The number of ketones is 1. The summed E-state index contributed by atoms with van der Waals surface area (Å²) in [4.78, 5) is 11.9. The van der Waals surface area contributed by atoms with Crippen LogP contribution in [0.2, 0.25) is 0 Å². The molecule has 3 atom stereocenters. The fourth-order valence-electron chi connectivity index (χ4n) is 4.19. The summed E-state index contributed by atoms with van der Waals surface area (Å²) in [6, 6.07) is 6.14. The molecule has 0 spiro atoms. The van der Waals surface area contributed by atoms with E-state index in [-0.39, 0.29) is 0 Å². The molecule has 0 radical (unpaired) electrons. The molecule has 1 aromatic carbocycles. The first kappa shape index (κ1) is 11.5. The van der Waals surface area contributed by atoms with E-state index in [2.05, 4.69) is 12.1 Å². The number of carbonyl (C=O) groups excluding carboxylic acids is 1. The molecule has 19 heavy (non-hydrogen) atoms. The number of aryl methyl sites for hydroxylation is 1. The van der Waals surface area contributed by atoms with Gasteiger partial charge in [0.1, 0.15) is 11.9 Å². The van der Waals surface area contributed by atoms with E-state index in [0.717, 1.165) is 36.0 Å². The van der Waals surface area contributed by atoms with Crippen LogP contribution in [0.15, 0.2) is 18.2 Å². The van der Waals surface area contributed by atoms with Crippen LogP contribution in [0.25, 0.3) is 0 Å². The third-order valence-electron chi connectivity index (χ3n) is 5.19. The number of hydrogen-bond acceptors (Lipinski definition) is 2. The molecule has 2 saturated carbocycles. The van der Waals surface area contributed by atoms with Gasteiger partial charge in [0, 0.05) is 12.0 Å². The first-order chi connectivity index (χ1) is 9.29. The third-order valence-corrected chi connectivity index (χ3v) is 5.19. The van der Waals surface area contributed by atoms with Gasteiger partial charge in [-0.05, 0) is 68.1 Å². The lowest BCUT2D eigenvalue weighted by molar-refractivity contribution is 0.0970. The maximum atomic E-state index is 11.9. The summed E-state index contributed by atoms with van der Waals surface area (Å²) < 4.78 is 6.17. The van der Waals surface area contributed by atoms with Crippen LogP contribution < -0.4 is 4.74 Å². The maximum absolute atomic E-state index is 11.9. The molecule has 4 rings (SSSR count). The van der Waals surface area contributed by atoms with Gasteiger partial charge in [-0.3, -0.25) is 4.79 Å². The van der Waals surface area contributed by atoms with E-state index in [9.17, 15) is 4.79 Å². The first-order valence-corrected chi connectivity index (χ1v) is 7.62. The van der Waals surface area contributed by atoms with Crippen LogP contribution in [-0.2, 0) is 6.42 Å². The molecule has 0 saturated heterocycles. The van der Waals surface area contributed by atoms with Gasteiger partial charge in [-0.1, -0.05) is 6.07 Å². The molecule has 0 N–H and O–H groups in total. The SMILES string of the molecule is O=C1CCCc2ccc(OC3CC4CCC3C4)cc21. The van der Waals surface area contributed by atoms with Gasteiger partial charge in [-0.25, -0.2) is 0 Å². The predicted octanol–water partition coefficient (Wildman–Crippen LogP) is 3.77. The van der Waals surface area contributed by atoms with Gasteiger partial charge in [0.2, 0.25) is 0 Å². The Morgan fingerprint density at radius 3 is 2.84 bits per heavy atom. The van der Waals surface area contributed by atoms with Gasteiger partial charge < -0.3 is 4.74 Å². The summed E-state index contributed by atoms with van der Waals surface area (Å²) in [6.45, 7) is 0. The van der Waals surface area contributed by atoms with Crippen LogP contribution in [0, 0.1) is 11.8 Å². The molecule has 0 amide bonds. The second-order valence-corrected chi connectivity index (χ2v) is 6.43. The molecular formula is C17H20O2. The molecule has 2 heteroatoms. The quantitative estimate of drug-likeness (QED) is 0.805. The summed E-state index contributed by atoms with van der Waals surface area (Å²) >= 11 is 0. The smallest absolute Gasteiger partial charge is 0.163 e. The van der Waals surface area contributed by atoms with Crippen molar-refractivity contribution in [3.8, 4) is 5.75 Å². The van der Waals surface area contributed by atoms with Gasteiger partial charge >= 0.3 is 0 Å². The Kier molecular flexibility index (Phi) is 2.64. The van der Waals surface area contributed by atoms with E-state index in [1.165, 1.54) is 31.2 Å². The average Bonchev–Trinajstić information content (AvgIpc) is 3.02. The van der Waals surface area contributed by atoms with Crippen LogP contribution in [-0.4, -0.2) is 11.9 Å². The van der Waals surface area contributed by atoms with Crippen molar-refractivity contribution in [2.45, 2.75) is 51.0 Å². The minimum absolute atomic E-state index is 0.291. The highest BCUT2D eigenvalue weighted by Gasteiger charge is 2.41. The van der Waals surface area contributed by atoms with Crippen molar-refractivity contribution >= 4 is 5.78 Å². The van der Waals surface area contributed by atoms with Crippen LogP contribution in [0.1, 0.15) is 54.4 Å². The molecule has 2 nitrogen and oxygen atoms in total. The largest absolute Gasteiger partial charge is 0.490 e. The number of fused-ring (bicyclic) bond motifs is 3. The lowest BCUT2D eigenvalue weighted by Crippen LogP contribution is -2.23. The highest BCUT2D eigenvalue weighted by molar-refractivity contribution is 5.98. The zero-order valence-electron chi connectivity index (χ0n) is 11.2. The molecule has 2 fully saturated rings. The van der Waals surface area contributed by atoms with Crippen LogP contribution in [0.4, 0.5) is 0 Å². The van der Waals surface area contributed by atoms with Crippen LogP contribution in [0.5, 0.6) is 5.75 Å². The monoisotopic (exact) mass is 256 g/mol. The second kappa shape index (κ2) is 4.36. The molecule has 3 unspecified atom stereocenters. The van der Waals surface area contributed by atoms with Gasteiger partial charge in [0.25, 0.3) is 0 Å². The topological polar surface area (TPSA) is 26.3 Å². The molecule has 0 aliphatic heterocycles. The molecule has 100 valence electrons. The standard InChI is InChI=1S/C17H20O2/c18-16-3-1-2-12-6-7-14(10-15(12)16)19-17-9-11-4-5-13(17)8-11/h6-7,10-11,13,17H,1-5,8-9H2. The molecule has 3 aliphatic rings. The van der Waals surface area contributed by atoms with E-state index in [4.69, 9.17) is 4.74 Å². The van der Waals surface area contributed by atoms with Crippen molar-refractivity contribution < 1.29 is 9.53 Å². The number of carbonyl (C=O) groups is 1. The fraction of sp³-hybridized carbons (Fsp3) is 0.588. The molecular weight excluding hydrogens is 236 g/mol. The number of benzene rings is 1. The molecule has 2 bridgehead atoms. The van der Waals surface area contributed by atoms with Crippen molar-refractivity contribution in [2.75, 3.05) is 0 Å². The Labute approximate surface area is 114 Å². The number of ether oxygens (including phenoxy) is 1. The Balaban J connectivity index is 1.55. The van der Waals surface area contributed by atoms with Crippen molar-refractivity contribution in [1.29, 1.82) is 0 Å². The number of hydrogen-bond donors (Lipinski definition) is 0. The number of rotatable bonds is 2. The van der Waals surface area contributed by atoms with Crippen molar-refractivity contribution in [1.82, 2.24) is 0 Å². The van der Waals surface area contributed by atoms with Gasteiger partial charge in [0.05, 0.1) is 0 Å². The fourth-order valence-corrected chi connectivity index (χ4v) is 4.19. The Hall–Kier alpha value is -1.31. The molecule has 3 aliphatic carbocycles. The van der Waals surface area contributed by atoms with Crippen LogP contribution in [0.3, 0.4) is 0 Å². The highest BCUT2D eigenvalue weighted by Crippen LogP contribution is 2.46. The van der Waals surface area contributed by atoms with Gasteiger partial charge in [0.15, 0.2) is 5.78 Å². The van der Waals surface area contributed by atoms with Crippen molar-refractivity contribution in [3.05, 3.63) is 29.3 Å². The van der Waals surface area contributed by atoms with Gasteiger partial charge in [-0.2, -0.15) is 0 Å². The van der Waals surface area contributed by atoms with Crippen molar-refractivity contribution in [3.63, 3.8) is 0 Å². The third kappa shape index (κ3) is 1.98. The molecule has 0 aromatic heterocycles. The lowest BCUT2D eigenvalue weighted by Gasteiger charge is -2.24.